The number of rotatable bonds is 6. The Morgan fingerprint density at radius 3 is 2.89 bits per heavy atom. The van der Waals surface area contributed by atoms with Crippen LogP contribution in [0.25, 0.3) is 0 Å². The highest BCUT2D eigenvalue weighted by atomic mass is 79.9. The molecule has 1 fully saturated rings. The predicted octanol–water partition coefficient (Wildman–Crippen LogP) is 5.27. The lowest BCUT2D eigenvalue weighted by molar-refractivity contribution is 0.00856. The summed E-state index contributed by atoms with van der Waals surface area (Å²) in [6.07, 6.45) is 6.54. The number of halogens is 2. The number of hydrogen-bond donors (Lipinski definition) is 1. The molecule has 0 bridgehead atoms. The molecule has 1 N–H and O–H groups in total. The van der Waals surface area contributed by atoms with Crippen LogP contribution < -0.4 is 5.32 Å². The minimum absolute atomic E-state index is 0.424. The first-order chi connectivity index (χ1) is 9.20. The molecule has 0 radical (unpaired) electrons. The van der Waals surface area contributed by atoms with E-state index < -0.39 is 0 Å². The fraction of sp³-hybridized carbons (Fsp3) is 0.714. The van der Waals surface area contributed by atoms with Gasteiger partial charge in [0, 0.05) is 12.6 Å². The molecule has 108 valence electrons. The van der Waals surface area contributed by atoms with Crippen molar-refractivity contribution in [1.29, 1.82) is 0 Å². The van der Waals surface area contributed by atoms with Crippen LogP contribution in [0.1, 0.15) is 50.6 Å². The van der Waals surface area contributed by atoms with Gasteiger partial charge in [-0.15, -0.1) is 11.3 Å². The zero-order valence-electron chi connectivity index (χ0n) is 11.3. The van der Waals surface area contributed by atoms with Gasteiger partial charge in [-0.3, -0.25) is 0 Å². The standard InChI is InChI=1S/C14H21Br2NOS/c1-2-17-12(11-9-13(15)19-14(11)16)7-6-10-5-3-4-8-18-10/h9-10,12,17H,2-8H2,1H3. The molecule has 0 aromatic carbocycles. The fourth-order valence-corrected chi connectivity index (χ4v) is 5.57. The summed E-state index contributed by atoms with van der Waals surface area (Å²) in [5.74, 6) is 0. The van der Waals surface area contributed by atoms with Gasteiger partial charge in [0.05, 0.1) is 13.7 Å². The fourth-order valence-electron chi connectivity index (χ4n) is 2.59. The van der Waals surface area contributed by atoms with E-state index in [1.165, 1.54) is 32.4 Å². The quantitative estimate of drug-likeness (QED) is 0.689. The maximum absolute atomic E-state index is 5.83. The third-order valence-electron chi connectivity index (χ3n) is 3.56. The first-order valence-electron chi connectivity index (χ1n) is 7.00. The molecule has 2 atom stereocenters. The highest BCUT2D eigenvalue weighted by Crippen LogP contribution is 2.37. The van der Waals surface area contributed by atoms with Gasteiger partial charge >= 0.3 is 0 Å². The first-order valence-corrected chi connectivity index (χ1v) is 9.40. The van der Waals surface area contributed by atoms with Crippen molar-refractivity contribution < 1.29 is 4.74 Å². The lowest BCUT2D eigenvalue weighted by Crippen LogP contribution is -2.24. The van der Waals surface area contributed by atoms with E-state index in [2.05, 4.69) is 50.2 Å². The van der Waals surface area contributed by atoms with E-state index in [-0.39, 0.29) is 0 Å². The second kappa shape index (κ2) is 8.13. The Balaban J connectivity index is 1.93. The summed E-state index contributed by atoms with van der Waals surface area (Å²) < 4.78 is 8.25. The Morgan fingerprint density at radius 1 is 1.47 bits per heavy atom. The van der Waals surface area contributed by atoms with Crippen molar-refractivity contribution in [3.05, 3.63) is 19.2 Å². The number of hydrogen-bond acceptors (Lipinski definition) is 3. The SMILES string of the molecule is CCNC(CCC1CCCCO1)c1cc(Br)sc1Br. The van der Waals surface area contributed by atoms with E-state index in [1.54, 1.807) is 11.3 Å². The molecular formula is C14H21Br2NOS. The summed E-state index contributed by atoms with van der Waals surface area (Å²) in [4.78, 5) is 0. The molecule has 0 saturated carbocycles. The molecule has 2 rings (SSSR count). The van der Waals surface area contributed by atoms with Gasteiger partial charge in [-0.25, -0.2) is 0 Å². The predicted molar refractivity (Wildman–Crippen MR) is 89.0 cm³/mol. The third-order valence-corrected chi connectivity index (χ3v) is 5.95. The average Bonchev–Trinajstić information content (AvgIpc) is 2.75. The molecule has 1 aromatic rings. The summed E-state index contributed by atoms with van der Waals surface area (Å²) >= 11 is 8.98. The van der Waals surface area contributed by atoms with Crippen molar-refractivity contribution in [2.24, 2.45) is 0 Å². The third kappa shape index (κ3) is 4.81. The highest BCUT2D eigenvalue weighted by molar-refractivity contribution is 9.12. The van der Waals surface area contributed by atoms with E-state index >= 15 is 0 Å². The van der Waals surface area contributed by atoms with E-state index in [0.29, 0.717) is 12.1 Å². The van der Waals surface area contributed by atoms with Crippen molar-refractivity contribution in [2.75, 3.05) is 13.2 Å². The van der Waals surface area contributed by atoms with Crippen LogP contribution in [0.4, 0.5) is 0 Å². The van der Waals surface area contributed by atoms with Gasteiger partial charge in [0.2, 0.25) is 0 Å². The lowest BCUT2D eigenvalue weighted by Gasteiger charge is -2.25. The van der Waals surface area contributed by atoms with E-state index in [9.17, 15) is 0 Å². The second-order valence-corrected chi connectivity index (χ2v) is 8.71. The maximum atomic E-state index is 5.83. The normalized spacial score (nSPS) is 21.5. The molecule has 2 heterocycles. The minimum atomic E-state index is 0.424. The van der Waals surface area contributed by atoms with Crippen LogP contribution in [0.5, 0.6) is 0 Å². The van der Waals surface area contributed by atoms with Crippen LogP contribution in [-0.4, -0.2) is 19.3 Å². The zero-order valence-corrected chi connectivity index (χ0v) is 15.2. The maximum Gasteiger partial charge on any atom is 0.0758 e. The molecule has 5 heteroatoms. The minimum Gasteiger partial charge on any atom is -0.378 e. The molecule has 1 aliphatic heterocycles. The van der Waals surface area contributed by atoms with Crippen molar-refractivity contribution in [1.82, 2.24) is 5.32 Å². The molecule has 1 saturated heterocycles. The monoisotopic (exact) mass is 409 g/mol. The Kier molecular flexibility index (Phi) is 6.83. The van der Waals surface area contributed by atoms with Gasteiger partial charge in [0.15, 0.2) is 0 Å². The molecule has 0 spiro atoms. The molecule has 1 aromatic heterocycles. The topological polar surface area (TPSA) is 21.3 Å². The Labute approximate surface area is 136 Å². The molecule has 2 nitrogen and oxygen atoms in total. The van der Waals surface area contributed by atoms with Crippen molar-refractivity contribution >= 4 is 43.2 Å². The van der Waals surface area contributed by atoms with Gasteiger partial charge < -0.3 is 10.1 Å². The molecule has 1 aliphatic rings. The van der Waals surface area contributed by atoms with Crippen LogP contribution in [0.15, 0.2) is 13.6 Å². The van der Waals surface area contributed by atoms with E-state index in [4.69, 9.17) is 4.74 Å². The second-order valence-electron chi connectivity index (χ2n) is 4.96. The van der Waals surface area contributed by atoms with Crippen molar-refractivity contribution in [3.8, 4) is 0 Å². The average molecular weight is 411 g/mol. The number of ether oxygens (including phenoxy) is 1. The van der Waals surface area contributed by atoms with Crippen LogP contribution in [0.3, 0.4) is 0 Å². The molecule has 0 amide bonds. The molecule has 19 heavy (non-hydrogen) atoms. The smallest absolute Gasteiger partial charge is 0.0758 e. The van der Waals surface area contributed by atoms with Crippen molar-refractivity contribution in [2.45, 2.75) is 51.2 Å². The highest BCUT2D eigenvalue weighted by Gasteiger charge is 2.20. The largest absolute Gasteiger partial charge is 0.378 e. The van der Waals surface area contributed by atoms with E-state index in [1.807, 2.05) is 0 Å². The summed E-state index contributed by atoms with van der Waals surface area (Å²) in [7, 11) is 0. The lowest BCUT2D eigenvalue weighted by atomic mass is 9.99. The zero-order chi connectivity index (χ0) is 13.7. The Bertz CT molecular complexity index is 391. The van der Waals surface area contributed by atoms with Gasteiger partial charge in [-0.2, -0.15) is 0 Å². The van der Waals surface area contributed by atoms with Gasteiger partial charge in [-0.05, 0) is 82.1 Å². The van der Waals surface area contributed by atoms with E-state index in [0.717, 1.165) is 26.0 Å². The number of thiophene rings is 1. The van der Waals surface area contributed by atoms with Gasteiger partial charge in [0.25, 0.3) is 0 Å². The summed E-state index contributed by atoms with van der Waals surface area (Å²) in [6.45, 7) is 4.11. The van der Waals surface area contributed by atoms with Crippen LogP contribution in [0.2, 0.25) is 0 Å². The summed E-state index contributed by atoms with van der Waals surface area (Å²) in [6, 6.07) is 2.65. The summed E-state index contributed by atoms with van der Waals surface area (Å²) in [5.41, 5.74) is 1.37. The molecule has 2 unspecified atom stereocenters. The van der Waals surface area contributed by atoms with Crippen LogP contribution >= 0.6 is 43.2 Å². The van der Waals surface area contributed by atoms with Gasteiger partial charge in [-0.1, -0.05) is 6.92 Å². The van der Waals surface area contributed by atoms with Crippen molar-refractivity contribution in [3.63, 3.8) is 0 Å². The number of nitrogens with one attached hydrogen (secondary N) is 1. The molecule has 0 aliphatic carbocycles. The Morgan fingerprint density at radius 2 is 2.32 bits per heavy atom. The van der Waals surface area contributed by atoms with Gasteiger partial charge in [0.1, 0.15) is 0 Å². The molecular weight excluding hydrogens is 390 g/mol. The first kappa shape index (κ1) is 16.0. The summed E-state index contributed by atoms with van der Waals surface area (Å²) in [5, 5.41) is 3.59. The van der Waals surface area contributed by atoms with Crippen LogP contribution in [-0.2, 0) is 4.74 Å². The van der Waals surface area contributed by atoms with Crippen LogP contribution in [0, 0.1) is 0 Å². The Hall–Kier alpha value is 0.580.